The van der Waals surface area contributed by atoms with Crippen LogP contribution in [-0.2, 0) is 9.53 Å². The zero-order chi connectivity index (χ0) is 19.9. The van der Waals surface area contributed by atoms with Crippen LogP contribution in [0.15, 0.2) is 42.6 Å². The van der Waals surface area contributed by atoms with Crippen LogP contribution >= 0.6 is 0 Å². The van der Waals surface area contributed by atoms with Crippen molar-refractivity contribution in [2.45, 2.75) is 6.92 Å². The van der Waals surface area contributed by atoms with Crippen molar-refractivity contribution >= 4 is 29.7 Å². The van der Waals surface area contributed by atoms with Crippen LogP contribution < -0.4 is 10.2 Å². The fourth-order valence-electron chi connectivity index (χ4n) is 2.89. The fraction of sp³-hybridized carbons (Fsp3) is 0.300. The Kier molecular flexibility index (Phi) is 6.21. The Balaban J connectivity index is 1.59. The van der Waals surface area contributed by atoms with Gasteiger partial charge in [0.2, 0.25) is 6.41 Å². The van der Waals surface area contributed by atoms with Gasteiger partial charge in [-0.2, -0.15) is 0 Å². The standard InChI is InChI=1S/C20H22N4O4/c1-2-28-20(27)15-3-5-16(6-4-15)22-19(26)18-8-7-17(13-21-18)24-11-9-23(14-25)10-12-24/h3-8,13-14H,2,9-12H2,1H3,(H,22,26). The van der Waals surface area contributed by atoms with Crippen LogP contribution in [0.5, 0.6) is 0 Å². The summed E-state index contributed by atoms with van der Waals surface area (Å²) in [6, 6.07) is 10.0. The van der Waals surface area contributed by atoms with Crippen molar-refractivity contribution in [3.8, 4) is 0 Å². The highest BCUT2D eigenvalue weighted by atomic mass is 16.5. The number of carbonyl (C=O) groups is 3. The largest absolute Gasteiger partial charge is 0.462 e. The Hall–Kier alpha value is -3.42. The summed E-state index contributed by atoms with van der Waals surface area (Å²) < 4.78 is 4.93. The number of amides is 2. The van der Waals surface area contributed by atoms with Crippen LogP contribution in [0.4, 0.5) is 11.4 Å². The molecule has 0 bridgehead atoms. The molecule has 2 aromatic rings. The third-order valence-electron chi connectivity index (χ3n) is 4.46. The highest BCUT2D eigenvalue weighted by molar-refractivity contribution is 6.03. The summed E-state index contributed by atoms with van der Waals surface area (Å²) >= 11 is 0. The molecule has 1 saturated heterocycles. The molecule has 1 aliphatic rings. The maximum absolute atomic E-state index is 12.4. The maximum atomic E-state index is 12.4. The smallest absolute Gasteiger partial charge is 0.338 e. The number of benzene rings is 1. The number of esters is 1. The van der Waals surface area contributed by atoms with Crippen LogP contribution in [0, 0.1) is 0 Å². The number of hydrogen-bond acceptors (Lipinski definition) is 6. The first-order valence-corrected chi connectivity index (χ1v) is 9.09. The molecule has 0 unspecified atom stereocenters. The zero-order valence-electron chi connectivity index (χ0n) is 15.6. The van der Waals surface area contributed by atoms with Crippen LogP contribution in [0.1, 0.15) is 27.8 Å². The number of aromatic nitrogens is 1. The van der Waals surface area contributed by atoms with E-state index in [2.05, 4.69) is 15.2 Å². The van der Waals surface area contributed by atoms with E-state index < -0.39 is 5.97 Å². The Morgan fingerprint density at radius 1 is 1.11 bits per heavy atom. The lowest BCUT2D eigenvalue weighted by atomic mass is 10.2. The van der Waals surface area contributed by atoms with E-state index in [9.17, 15) is 14.4 Å². The summed E-state index contributed by atoms with van der Waals surface area (Å²) in [7, 11) is 0. The zero-order valence-corrected chi connectivity index (χ0v) is 15.6. The Morgan fingerprint density at radius 2 is 1.82 bits per heavy atom. The predicted molar refractivity (Wildman–Crippen MR) is 104 cm³/mol. The van der Waals surface area contributed by atoms with E-state index in [1.165, 1.54) is 0 Å². The van der Waals surface area contributed by atoms with Crippen LogP contribution in [0.2, 0.25) is 0 Å². The van der Waals surface area contributed by atoms with Crippen molar-refractivity contribution in [3.63, 3.8) is 0 Å². The van der Waals surface area contributed by atoms with E-state index in [1.54, 1.807) is 48.4 Å². The van der Waals surface area contributed by atoms with Gasteiger partial charge in [-0.25, -0.2) is 9.78 Å². The van der Waals surface area contributed by atoms with Crippen LogP contribution in [0.25, 0.3) is 0 Å². The Labute approximate surface area is 163 Å². The number of piperazine rings is 1. The summed E-state index contributed by atoms with van der Waals surface area (Å²) in [5, 5.41) is 2.76. The van der Waals surface area contributed by atoms with Gasteiger partial charge in [-0.1, -0.05) is 0 Å². The lowest BCUT2D eigenvalue weighted by molar-refractivity contribution is -0.118. The molecule has 2 heterocycles. The molecule has 1 aromatic carbocycles. The topological polar surface area (TPSA) is 91.8 Å². The van der Waals surface area contributed by atoms with Crippen molar-refractivity contribution < 1.29 is 19.1 Å². The van der Waals surface area contributed by atoms with E-state index in [4.69, 9.17) is 4.74 Å². The third kappa shape index (κ3) is 4.64. The number of pyridine rings is 1. The molecular weight excluding hydrogens is 360 g/mol. The maximum Gasteiger partial charge on any atom is 0.338 e. The molecule has 1 aliphatic heterocycles. The molecule has 0 atom stereocenters. The summed E-state index contributed by atoms with van der Waals surface area (Å²) in [5.74, 6) is -0.729. The molecule has 1 fully saturated rings. The molecule has 0 spiro atoms. The predicted octanol–water partition coefficient (Wildman–Crippen LogP) is 1.79. The minimum Gasteiger partial charge on any atom is -0.462 e. The normalized spacial score (nSPS) is 13.8. The molecule has 3 rings (SSSR count). The van der Waals surface area contributed by atoms with Gasteiger partial charge in [0.25, 0.3) is 5.91 Å². The summed E-state index contributed by atoms with van der Waals surface area (Å²) in [4.78, 5) is 42.9. The molecule has 0 radical (unpaired) electrons. The lowest BCUT2D eigenvalue weighted by Gasteiger charge is -2.33. The van der Waals surface area contributed by atoms with Gasteiger partial charge in [-0.05, 0) is 43.3 Å². The molecule has 0 aliphatic carbocycles. The number of nitrogens with one attached hydrogen (secondary N) is 1. The van der Waals surface area contributed by atoms with Crippen LogP contribution in [0.3, 0.4) is 0 Å². The van der Waals surface area contributed by atoms with Crippen molar-refractivity contribution in [1.82, 2.24) is 9.88 Å². The van der Waals surface area contributed by atoms with Gasteiger partial charge in [-0.3, -0.25) is 9.59 Å². The first-order chi connectivity index (χ1) is 13.6. The minimum absolute atomic E-state index is 0.296. The number of carbonyl (C=O) groups excluding carboxylic acids is 3. The lowest BCUT2D eigenvalue weighted by Crippen LogP contribution is -2.45. The van der Waals surface area contributed by atoms with Crippen molar-refractivity contribution in [3.05, 3.63) is 53.9 Å². The van der Waals surface area contributed by atoms with E-state index in [-0.39, 0.29) is 5.91 Å². The monoisotopic (exact) mass is 382 g/mol. The summed E-state index contributed by atoms with van der Waals surface area (Å²) in [6.45, 7) is 4.88. The van der Waals surface area contributed by atoms with Gasteiger partial charge >= 0.3 is 5.97 Å². The van der Waals surface area contributed by atoms with Gasteiger partial charge in [0.05, 0.1) is 24.1 Å². The molecule has 8 heteroatoms. The number of anilines is 2. The second-order valence-electron chi connectivity index (χ2n) is 6.28. The summed E-state index contributed by atoms with van der Waals surface area (Å²) in [5.41, 5.74) is 2.21. The average Bonchev–Trinajstić information content (AvgIpc) is 2.74. The van der Waals surface area contributed by atoms with Gasteiger partial charge in [0, 0.05) is 31.9 Å². The average molecular weight is 382 g/mol. The second kappa shape index (κ2) is 8.98. The highest BCUT2D eigenvalue weighted by Gasteiger charge is 2.17. The van der Waals surface area contributed by atoms with Crippen molar-refractivity contribution in [1.29, 1.82) is 0 Å². The number of ether oxygens (including phenoxy) is 1. The first-order valence-electron chi connectivity index (χ1n) is 9.09. The summed E-state index contributed by atoms with van der Waals surface area (Å²) in [6.07, 6.45) is 2.53. The van der Waals surface area contributed by atoms with Gasteiger partial charge in [-0.15, -0.1) is 0 Å². The second-order valence-corrected chi connectivity index (χ2v) is 6.28. The minimum atomic E-state index is -0.397. The van der Waals surface area contributed by atoms with Gasteiger partial charge in [0.15, 0.2) is 0 Å². The quantitative estimate of drug-likeness (QED) is 0.605. The molecular formula is C20H22N4O4. The van der Waals surface area contributed by atoms with Crippen molar-refractivity contribution in [2.24, 2.45) is 0 Å². The SMILES string of the molecule is CCOC(=O)c1ccc(NC(=O)c2ccc(N3CCN(C=O)CC3)cn2)cc1. The molecule has 0 saturated carbocycles. The van der Waals surface area contributed by atoms with Gasteiger partial charge in [0.1, 0.15) is 5.69 Å². The Bertz CT molecular complexity index is 828. The van der Waals surface area contributed by atoms with E-state index in [0.29, 0.717) is 36.6 Å². The molecule has 2 amide bonds. The number of nitrogens with zero attached hydrogens (tertiary/aromatic N) is 3. The van der Waals surface area contributed by atoms with E-state index in [0.717, 1.165) is 25.2 Å². The molecule has 28 heavy (non-hydrogen) atoms. The van der Waals surface area contributed by atoms with E-state index in [1.807, 2.05) is 6.07 Å². The number of hydrogen-bond donors (Lipinski definition) is 1. The molecule has 8 nitrogen and oxygen atoms in total. The molecule has 1 N–H and O–H groups in total. The first kappa shape index (κ1) is 19.3. The highest BCUT2D eigenvalue weighted by Crippen LogP contribution is 2.16. The van der Waals surface area contributed by atoms with E-state index >= 15 is 0 Å². The van der Waals surface area contributed by atoms with Crippen molar-refractivity contribution in [2.75, 3.05) is 43.0 Å². The number of rotatable bonds is 6. The van der Waals surface area contributed by atoms with Crippen LogP contribution in [-0.4, -0.2) is 61.0 Å². The fourth-order valence-corrected chi connectivity index (χ4v) is 2.89. The third-order valence-corrected chi connectivity index (χ3v) is 4.46. The Morgan fingerprint density at radius 3 is 2.39 bits per heavy atom. The molecule has 1 aromatic heterocycles. The molecule has 146 valence electrons. The van der Waals surface area contributed by atoms with Gasteiger partial charge < -0.3 is 19.9 Å².